The lowest BCUT2D eigenvalue weighted by atomic mass is 9.88. The Morgan fingerprint density at radius 2 is 1.89 bits per heavy atom. The fourth-order valence-electron chi connectivity index (χ4n) is 3.53. The van der Waals surface area contributed by atoms with Crippen LogP contribution in [0.15, 0.2) is 36.8 Å². The maximum absolute atomic E-state index is 12.6. The number of carbonyl (C=O) groups is 2. The van der Waals surface area contributed by atoms with Gasteiger partial charge in [0.1, 0.15) is 16.0 Å². The Morgan fingerprint density at radius 1 is 1.11 bits per heavy atom. The molecule has 1 aliphatic heterocycles. The number of amides is 2. The van der Waals surface area contributed by atoms with Crippen molar-refractivity contribution in [3.05, 3.63) is 52.9 Å². The van der Waals surface area contributed by atoms with E-state index in [2.05, 4.69) is 20.3 Å². The molecule has 0 bridgehead atoms. The highest BCUT2D eigenvalue weighted by molar-refractivity contribution is 7.20. The van der Waals surface area contributed by atoms with Gasteiger partial charge < -0.3 is 10.2 Å². The minimum atomic E-state index is -0.109. The average Bonchev–Trinajstić information content (AvgIpc) is 3.13. The van der Waals surface area contributed by atoms with Gasteiger partial charge in [0, 0.05) is 44.3 Å². The molecule has 7 nitrogen and oxygen atoms in total. The topological polar surface area (TPSA) is 88.1 Å². The second kappa shape index (κ2) is 7.40. The Morgan fingerprint density at radius 3 is 2.59 bits per heavy atom. The van der Waals surface area contributed by atoms with Crippen molar-refractivity contribution in [2.24, 2.45) is 0 Å². The number of fused-ring (bicyclic) bond motifs is 1. The second-order valence-electron chi connectivity index (χ2n) is 6.42. The molecule has 4 rings (SSSR count). The molecule has 4 heterocycles. The molecular weight excluding hydrogens is 362 g/mol. The zero-order chi connectivity index (χ0) is 18.8. The fourth-order valence-corrected chi connectivity index (χ4v) is 4.66. The summed E-state index contributed by atoms with van der Waals surface area (Å²) in [6.45, 7) is 1.26. The third-order valence-corrected chi connectivity index (χ3v) is 5.97. The number of thiophene rings is 1. The zero-order valence-electron chi connectivity index (χ0n) is 14.9. The number of carbonyl (C=O) groups excluding carboxylic acids is 2. The number of piperidine rings is 1. The first-order valence-electron chi connectivity index (χ1n) is 8.85. The normalized spacial score (nSPS) is 15.1. The molecular formula is C19H19N5O2S. The Bertz CT molecular complexity index is 980. The Hall–Kier alpha value is -2.87. The summed E-state index contributed by atoms with van der Waals surface area (Å²) in [5, 5.41) is 2.71. The molecule has 3 aromatic rings. The van der Waals surface area contributed by atoms with Crippen LogP contribution in [-0.4, -0.2) is 51.8 Å². The summed E-state index contributed by atoms with van der Waals surface area (Å²) in [5.41, 5.74) is 2.23. The fraction of sp³-hybridized carbons (Fsp3) is 0.316. The quantitative estimate of drug-likeness (QED) is 0.753. The molecule has 27 heavy (non-hydrogen) atoms. The third-order valence-electron chi connectivity index (χ3n) is 4.87. The molecule has 0 saturated carbocycles. The van der Waals surface area contributed by atoms with Gasteiger partial charge in [-0.2, -0.15) is 0 Å². The molecule has 1 saturated heterocycles. The van der Waals surface area contributed by atoms with E-state index in [9.17, 15) is 9.59 Å². The van der Waals surface area contributed by atoms with Crippen LogP contribution in [0.4, 0.5) is 0 Å². The van der Waals surface area contributed by atoms with Crippen LogP contribution in [0.3, 0.4) is 0 Å². The van der Waals surface area contributed by atoms with Crippen molar-refractivity contribution >= 4 is 33.5 Å². The van der Waals surface area contributed by atoms with Crippen molar-refractivity contribution in [3.8, 4) is 0 Å². The van der Waals surface area contributed by atoms with E-state index < -0.39 is 0 Å². The maximum atomic E-state index is 12.6. The molecule has 0 aromatic carbocycles. The van der Waals surface area contributed by atoms with E-state index in [1.807, 2.05) is 11.0 Å². The van der Waals surface area contributed by atoms with Gasteiger partial charge in [-0.3, -0.25) is 19.6 Å². The van der Waals surface area contributed by atoms with E-state index in [1.54, 1.807) is 37.8 Å². The van der Waals surface area contributed by atoms with Gasteiger partial charge in [-0.05, 0) is 30.9 Å². The Kier molecular flexibility index (Phi) is 4.81. The molecule has 8 heteroatoms. The van der Waals surface area contributed by atoms with E-state index in [0.717, 1.165) is 28.8 Å². The largest absolute Gasteiger partial charge is 0.354 e. The van der Waals surface area contributed by atoms with E-state index >= 15 is 0 Å². The van der Waals surface area contributed by atoms with Crippen molar-refractivity contribution in [2.75, 3.05) is 20.1 Å². The van der Waals surface area contributed by atoms with E-state index in [1.165, 1.54) is 11.3 Å². The van der Waals surface area contributed by atoms with Gasteiger partial charge in [-0.25, -0.2) is 4.98 Å². The van der Waals surface area contributed by atoms with Crippen LogP contribution < -0.4 is 5.32 Å². The molecule has 0 atom stereocenters. The van der Waals surface area contributed by atoms with E-state index in [4.69, 9.17) is 0 Å². The highest BCUT2D eigenvalue weighted by atomic mass is 32.1. The molecule has 0 aliphatic carbocycles. The highest BCUT2D eigenvalue weighted by Crippen LogP contribution is 2.39. The highest BCUT2D eigenvalue weighted by Gasteiger charge is 2.31. The molecule has 0 radical (unpaired) electrons. The van der Waals surface area contributed by atoms with Crippen LogP contribution in [0, 0.1) is 0 Å². The molecule has 0 spiro atoms. The summed E-state index contributed by atoms with van der Waals surface area (Å²) in [5.74, 6) is 0.0212. The summed E-state index contributed by atoms with van der Waals surface area (Å²) in [4.78, 5) is 41.2. The average molecular weight is 381 g/mol. The maximum Gasteiger partial charge on any atom is 0.272 e. The number of likely N-dealkylation sites (tertiary alicyclic amines) is 1. The SMILES string of the molecule is CNC(=O)c1sc2nccnc2c1C1CCN(C(=O)c2ccccn2)CC1. The number of nitrogens with zero attached hydrogens (tertiary/aromatic N) is 4. The molecule has 0 unspecified atom stereocenters. The van der Waals surface area contributed by atoms with E-state index in [0.29, 0.717) is 23.7 Å². The predicted octanol–water partition coefficient (Wildman–Crippen LogP) is 2.47. The number of hydrogen-bond acceptors (Lipinski definition) is 6. The summed E-state index contributed by atoms with van der Waals surface area (Å²) in [6.07, 6.45) is 6.50. The molecule has 138 valence electrons. The van der Waals surface area contributed by atoms with Crippen LogP contribution in [0.2, 0.25) is 0 Å². The monoisotopic (exact) mass is 381 g/mol. The first-order valence-corrected chi connectivity index (χ1v) is 9.66. The lowest BCUT2D eigenvalue weighted by Crippen LogP contribution is -2.38. The van der Waals surface area contributed by atoms with Crippen molar-refractivity contribution in [1.29, 1.82) is 0 Å². The first-order chi connectivity index (χ1) is 13.2. The number of aromatic nitrogens is 3. The zero-order valence-corrected chi connectivity index (χ0v) is 15.7. The molecule has 1 fully saturated rings. The second-order valence-corrected chi connectivity index (χ2v) is 7.41. The minimum Gasteiger partial charge on any atom is -0.354 e. The summed E-state index contributed by atoms with van der Waals surface area (Å²) in [6, 6.07) is 5.35. The smallest absolute Gasteiger partial charge is 0.272 e. The van der Waals surface area contributed by atoms with Crippen LogP contribution >= 0.6 is 11.3 Å². The van der Waals surface area contributed by atoms with Crippen LogP contribution in [0.5, 0.6) is 0 Å². The number of rotatable bonds is 3. The molecule has 2 amide bonds. The summed E-state index contributed by atoms with van der Waals surface area (Å²) < 4.78 is 0. The van der Waals surface area contributed by atoms with Crippen molar-refractivity contribution in [2.45, 2.75) is 18.8 Å². The van der Waals surface area contributed by atoms with Gasteiger partial charge in [0.25, 0.3) is 11.8 Å². The molecule has 1 aliphatic rings. The number of pyridine rings is 1. The Labute approximate surface area is 160 Å². The van der Waals surface area contributed by atoms with Gasteiger partial charge in [-0.1, -0.05) is 6.07 Å². The predicted molar refractivity (Wildman–Crippen MR) is 103 cm³/mol. The third kappa shape index (κ3) is 3.28. The standard InChI is InChI=1S/C19H19N5O2S/c1-20-17(25)16-14(15-18(27-16)23-9-8-22-15)12-5-10-24(11-6-12)19(26)13-4-2-3-7-21-13/h2-4,7-9,12H,5-6,10-11H2,1H3,(H,20,25). The lowest BCUT2D eigenvalue weighted by Gasteiger charge is -2.32. The van der Waals surface area contributed by atoms with Gasteiger partial charge >= 0.3 is 0 Å². The summed E-state index contributed by atoms with van der Waals surface area (Å²) >= 11 is 1.38. The summed E-state index contributed by atoms with van der Waals surface area (Å²) in [7, 11) is 1.63. The lowest BCUT2D eigenvalue weighted by molar-refractivity contribution is 0.0706. The van der Waals surface area contributed by atoms with Gasteiger partial charge in [0.15, 0.2) is 0 Å². The van der Waals surface area contributed by atoms with E-state index in [-0.39, 0.29) is 17.7 Å². The van der Waals surface area contributed by atoms with Gasteiger partial charge in [0.05, 0.1) is 4.88 Å². The van der Waals surface area contributed by atoms with Crippen LogP contribution in [-0.2, 0) is 0 Å². The minimum absolute atomic E-state index is 0.0458. The number of nitrogens with one attached hydrogen (secondary N) is 1. The van der Waals surface area contributed by atoms with Crippen LogP contribution in [0.25, 0.3) is 10.3 Å². The first kappa shape index (κ1) is 17.5. The Balaban J connectivity index is 1.58. The van der Waals surface area contributed by atoms with Crippen molar-refractivity contribution < 1.29 is 9.59 Å². The number of hydrogen-bond donors (Lipinski definition) is 1. The van der Waals surface area contributed by atoms with Gasteiger partial charge in [0.2, 0.25) is 0 Å². The molecule has 1 N–H and O–H groups in total. The van der Waals surface area contributed by atoms with Crippen LogP contribution in [0.1, 0.15) is 44.5 Å². The molecule has 3 aromatic heterocycles. The van der Waals surface area contributed by atoms with Crippen molar-refractivity contribution in [3.63, 3.8) is 0 Å². The van der Waals surface area contributed by atoms with Gasteiger partial charge in [-0.15, -0.1) is 11.3 Å². The van der Waals surface area contributed by atoms with Crippen molar-refractivity contribution in [1.82, 2.24) is 25.2 Å².